The summed E-state index contributed by atoms with van der Waals surface area (Å²) in [5, 5.41) is 9.36. The summed E-state index contributed by atoms with van der Waals surface area (Å²) in [5.74, 6) is 0.620. The van der Waals surface area contributed by atoms with Crippen molar-refractivity contribution in [1.82, 2.24) is 20.3 Å². The van der Waals surface area contributed by atoms with Gasteiger partial charge in [-0.25, -0.2) is 15.0 Å². The zero-order valence-corrected chi connectivity index (χ0v) is 10.8. The zero-order valence-electron chi connectivity index (χ0n) is 9.97. The van der Waals surface area contributed by atoms with E-state index in [-0.39, 0.29) is 0 Å². The van der Waals surface area contributed by atoms with E-state index in [0.29, 0.717) is 12.0 Å². The molecule has 0 bridgehead atoms. The molecule has 1 aliphatic heterocycles. The first kappa shape index (κ1) is 11.6. The van der Waals surface area contributed by atoms with Crippen molar-refractivity contribution in [2.45, 2.75) is 25.3 Å². The molecule has 2 aromatic heterocycles. The first-order valence-electron chi connectivity index (χ1n) is 6.15. The molecule has 0 spiro atoms. The molecule has 0 radical (unpaired) electrons. The van der Waals surface area contributed by atoms with E-state index in [1.54, 1.807) is 23.7 Å². The highest BCUT2D eigenvalue weighted by atomic mass is 32.1. The number of rotatable bonds is 3. The summed E-state index contributed by atoms with van der Waals surface area (Å²) in [5.41, 5.74) is 1.06. The number of hydrogen-bond donors (Lipinski definition) is 2. The smallest absolute Gasteiger partial charge is 0.229 e. The van der Waals surface area contributed by atoms with E-state index in [1.165, 1.54) is 12.8 Å². The van der Waals surface area contributed by atoms with Crippen molar-refractivity contribution < 1.29 is 0 Å². The van der Waals surface area contributed by atoms with Crippen molar-refractivity contribution in [3.05, 3.63) is 29.5 Å². The van der Waals surface area contributed by atoms with E-state index < -0.39 is 0 Å². The number of nitrogens with one attached hydrogen (secondary N) is 2. The lowest BCUT2D eigenvalue weighted by atomic mass is 10.0. The molecule has 18 heavy (non-hydrogen) atoms. The normalized spacial score (nSPS) is 19.7. The van der Waals surface area contributed by atoms with Gasteiger partial charge in [-0.15, -0.1) is 11.3 Å². The van der Waals surface area contributed by atoms with Gasteiger partial charge in [-0.1, -0.05) is 6.42 Å². The highest BCUT2D eigenvalue weighted by Crippen LogP contribution is 2.22. The Morgan fingerprint density at radius 1 is 1.28 bits per heavy atom. The molecule has 2 N–H and O–H groups in total. The lowest BCUT2D eigenvalue weighted by Crippen LogP contribution is -2.27. The third-order valence-corrected chi connectivity index (χ3v) is 3.68. The Kier molecular flexibility index (Phi) is 3.47. The molecular formula is C12H15N5S. The second kappa shape index (κ2) is 5.41. The number of aromatic nitrogens is 3. The quantitative estimate of drug-likeness (QED) is 0.888. The second-order valence-corrected chi connectivity index (χ2v) is 5.16. The van der Waals surface area contributed by atoms with Crippen LogP contribution in [0, 0.1) is 0 Å². The molecule has 94 valence electrons. The van der Waals surface area contributed by atoms with Crippen molar-refractivity contribution in [2.24, 2.45) is 0 Å². The van der Waals surface area contributed by atoms with Gasteiger partial charge in [0.15, 0.2) is 5.13 Å². The zero-order chi connectivity index (χ0) is 12.2. The Labute approximate surface area is 110 Å². The van der Waals surface area contributed by atoms with Crippen LogP contribution in [0.15, 0.2) is 23.8 Å². The van der Waals surface area contributed by atoms with Gasteiger partial charge < -0.3 is 10.6 Å². The van der Waals surface area contributed by atoms with Crippen molar-refractivity contribution in [1.29, 1.82) is 0 Å². The average Bonchev–Trinajstić information content (AvgIpc) is 2.93. The van der Waals surface area contributed by atoms with Crippen LogP contribution in [0.5, 0.6) is 0 Å². The number of nitrogens with zero attached hydrogens (tertiary/aromatic N) is 3. The van der Waals surface area contributed by atoms with Gasteiger partial charge in [-0.05, 0) is 25.5 Å². The summed E-state index contributed by atoms with van der Waals surface area (Å²) in [6, 6.07) is 2.34. The van der Waals surface area contributed by atoms with E-state index in [2.05, 4.69) is 25.6 Å². The average molecular weight is 261 g/mol. The predicted molar refractivity (Wildman–Crippen MR) is 72.0 cm³/mol. The molecule has 0 aliphatic carbocycles. The molecule has 1 saturated heterocycles. The summed E-state index contributed by atoms with van der Waals surface area (Å²) in [7, 11) is 0. The standard InChI is InChI=1S/C12H15N5S/c1-2-5-13-9(3-1)10-4-6-14-11(16-10)17-12-15-7-8-18-12/h4,6-9,13H,1-3,5H2,(H,14,15,16,17)/t9-/m1/s1. The fourth-order valence-corrected chi connectivity index (χ4v) is 2.63. The van der Waals surface area contributed by atoms with E-state index >= 15 is 0 Å². The molecule has 2 aromatic rings. The van der Waals surface area contributed by atoms with Crippen molar-refractivity contribution in [3.63, 3.8) is 0 Å². The Bertz CT molecular complexity index is 493. The summed E-state index contributed by atoms with van der Waals surface area (Å²) in [4.78, 5) is 12.9. The van der Waals surface area contributed by atoms with Crippen LogP contribution in [0.4, 0.5) is 11.1 Å². The summed E-state index contributed by atoms with van der Waals surface area (Å²) in [6.07, 6.45) is 7.23. The SMILES string of the molecule is c1cc([C@H]2CCCCN2)nc(Nc2nccs2)n1. The molecule has 1 atom stereocenters. The van der Waals surface area contributed by atoms with Crippen LogP contribution in [-0.2, 0) is 0 Å². The topological polar surface area (TPSA) is 62.7 Å². The van der Waals surface area contributed by atoms with E-state index in [1.807, 2.05) is 11.4 Å². The van der Waals surface area contributed by atoms with E-state index in [4.69, 9.17) is 0 Å². The van der Waals surface area contributed by atoms with E-state index in [9.17, 15) is 0 Å². The Morgan fingerprint density at radius 2 is 2.28 bits per heavy atom. The lowest BCUT2D eigenvalue weighted by Gasteiger charge is -2.22. The molecule has 0 saturated carbocycles. The van der Waals surface area contributed by atoms with Crippen LogP contribution in [0.3, 0.4) is 0 Å². The minimum absolute atomic E-state index is 0.360. The Hall–Kier alpha value is -1.53. The molecule has 6 heteroatoms. The minimum Gasteiger partial charge on any atom is -0.309 e. The number of piperidine rings is 1. The minimum atomic E-state index is 0.360. The van der Waals surface area contributed by atoms with Gasteiger partial charge in [0.2, 0.25) is 5.95 Å². The number of anilines is 2. The third kappa shape index (κ3) is 2.65. The highest BCUT2D eigenvalue weighted by molar-refractivity contribution is 7.13. The monoisotopic (exact) mass is 261 g/mol. The molecule has 5 nitrogen and oxygen atoms in total. The molecule has 3 heterocycles. The van der Waals surface area contributed by atoms with E-state index in [0.717, 1.165) is 23.8 Å². The molecule has 3 rings (SSSR count). The Balaban J connectivity index is 1.76. The van der Waals surface area contributed by atoms with Gasteiger partial charge in [0.05, 0.1) is 5.69 Å². The van der Waals surface area contributed by atoms with Crippen LogP contribution in [0.2, 0.25) is 0 Å². The summed E-state index contributed by atoms with van der Waals surface area (Å²) < 4.78 is 0. The van der Waals surface area contributed by atoms with Gasteiger partial charge >= 0.3 is 0 Å². The highest BCUT2D eigenvalue weighted by Gasteiger charge is 2.16. The van der Waals surface area contributed by atoms with Crippen molar-refractivity contribution >= 4 is 22.4 Å². The van der Waals surface area contributed by atoms with Crippen molar-refractivity contribution in [2.75, 3.05) is 11.9 Å². The van der Waals surface area contributed by atoms with Crippen LogP contribution in [0.1, 0.15) is 31.0 Å². The molecule has 0 aromatic carbocycles. The number of hydrogen-bond acceptors (Lipinski definition) is 6. The summed E-state index contributed by atoms with van der Waals surface area (Å²) in [6.45, 7) is 1.07. The van der Waals surface area contributed by atoms with Gasteiger partial charge in [0.1, 0.15) is 0 Å². The maximum Gasteiger partial charge on any atom is 0.229 e. The van der Waals surface area contributed by atoms with Crippen LogP contribution >= 0.6 is 11.3 Å². The first-order chi connectivity index (χ1) is 8.92. The maximum atomic E-state index is 4.55. The van der Waals surface area contributed by atoms with Crippen LogP contribution < -0.4 is 10.6 Å². The Morgan fingerprint density at radius 3 is 3.06 bits per heavy atom. The fourth-order valence-electron chi connectivity index (χ4n) is 2.11. The molecule has 0 amide bonds. The molecule has 1 aliphatic rings. The number of thiazole rings is 1. The predicted octanol–water partition coefficient (Wildman–Crippen LogP) is 2.49. The molecule has 0 unspecified atom stereocenters. The third-order valence-electron chi connectivity index (χ3n) is 3.00. The van der Waals surface area contributed by atoms with Gasteiger partial charge in [0, 0.05) is 23.8 Å². The van der Waals surface area contributed by atoms with Gasteiger partial charge in [-0.2, -0.15) is 0 Å². The van der Waals surface area contributed by atoms with Crippen LogP contribution in [0.25, 0.3) is 0 Å². The van der Waals surface area contributed by atoms with Crippen molar-refractivity contribution in [3.8, 4) is 0 Å². The van der Waals surface area contributed by atoms with Gasteiger partial charge in [0.25, 0.3) is 0 Å². The first-order valence-corrected chi connectivity index (χ1v) is 7.02. The summed E-state index contributed by atoms with van der Waals surface area (Å²) >= 11 is 1.54. The lowest BCUT2D eigenvalue weighted by molar-refractivity contribution is 0.405. The second-order valence-electron chi connectivity index (χ2n) is 4.27. The molecule has 1 fully saturated rings. The van der Waals surface area contributed by atoms with Crippen LogP contribution in [-0.4, -0.2) is 21.5 Å². The maximum absolute atomic E-state index is 4.55. The fraction of sp³-hybridized carbons (Fsp3) is 0.417. The largest absolute Gasteiger partial charge is 0.309 e. The molecular weight excluding hydrogens is 246 g/mol. The van der Waals surface area contributed by atoms with Gasteiger partial charge in [-0.3, -0.25) is 0 Å².